The van der Waals surface area contributed by atoms with E-state index in [1.807, 2.05) is 0 Å². The summed E-state index contributed by atoms with van der Waals surface area (Å²) in [5.41, 5.74) is -0.163. The van der Waals surface area contributed by atoms with Gasteiger partial charge in [-0.3, -0.25) is 4.79 Å². The maximum atomic E-state index is 11.5. The van der Waals surface area contributed by atoms with Crippen molar-refractivity contribution in [2.24, 2.45) is 11.3 Å². The van der Waals surface area contributed by atoms with Crippen molar-refractivity contribution >= 4 is 5.97 Å². The van der Waals surface area contributed by atoms with E-state index >= 15 is 0 Å². The Morgan fingerprint density at radius 3 is 2.56 bits per heavy atom. The molecule has 0 aromatic heterocycles. The average Bonchev–Trinajstić information content (AvgIpc) is 3.11. The first-order valence-electron chi connectivity index (χ1n) is 6.56. The smallest absolute Gasteiger partial charge is 0.313 e. The van der Waals surface area contributed by atoms with Crippen LogP contribution in [0.2, 0.25) is 0 Å². The van der Waals surface area contributed by atoms with Gasteiger partial charge in [0.1, 0.15) is 0 Å². The lowest BCUT2D eigenvalue weighted by Gasteiger charge is -2.23. The third-order valence-corrected chi connectivity index (χ3v) is 4.09. The van der Waals surface area contributed by atoms with E-state index in [4.69, 9.17) is 4.74 Å². The van der Waals surface area contributed by atoms with Crippen molar-refractivity contribution in [2.75, 3.05) is 20.2 Å². The van der Waals surface area contributed by atoms with E-state index in [0.29, 0.717) is 0 Å². The Kier molecular flexibility index (Phi) is 3.85. The highest BCUT2D eigenvalue weighted by molar-refractivity contribution is 5.80. The van der Waals surface area contributed by atoms with Gasteiger partial charge in [-0.15, -0.1) is 0 Å². The summed E-state index contributed by atoms with van der Waals surface area (Å²) in [5.74, 6) is 0.811. The Bertz CT molecular complexity index is 242. The first-order valence-corrected chi connectivity index (χ1v) is 6.56. The van der Waals surface area contributed by atoms with E-state index in [-0.39, 0.29) is 11.4 Å². The van der Waals surface area contributed by atoms with Crippen LogP contribution in [0.25, 0.3) is 0 Å². The minimum absolute atomic E-state index is 0.0244. The van der Waals surface area contributed by atoms with Gasteiger partial charge in [0.05, 0.1) is 12.5 Å². The van der Waals surface area contributed by atoms with Crippen molar-refractivity contribution in [3.63, 3.8) is 0 Å². The molecule has 0 atom stereocenters. The molecule has 0 saturated heterocycles. The molecule has 2 fully saturated rings. The zero-order valence-electron chi connectivity index (χ0n) is 10.3. The predicted molar refractivity (Wildman–Crippen MR) is 63.1 cm³/mol. The van der Waals surface area contributed by atoms with E-state index in [1.165, 1.54) is 39.2 Å². The molecule has 92 valence electrons. The van der Waals surface area contributed by atoms with Gasteiger partial charge in [-0.25, -0.2) is 0 Å². The maximum absolute atomic E-state index is 11.5. The number of hydrogen-bond donors (Lipinski definition) is 1. The molecule has 0 heterocycles. The van der Waals surface area contributed by atoms with Crippen molar-refractivity contribution in [2.45, 2.75) is 44.9 Å². The van der Waals surface area contributed by atoms with E-state index in [2.05, 4.69) is 5.32 Å². The number of hydrogen-bond acceptors (Lipinski definition) is 3. The molecule has 0 aromatic rings. The standard InChI is InChI=1S/C13H23NO2/c1-16-12(15)13(7-8-13)10-14-9-11-5-3-2-4-6-11/h11,14H,2-10H2,1H3. The Labute approximate surface area is 97.9 Å². The summed E-state index contributed by atoms with van der Waals surface area (Å²) in [4.78, 5) is 11.5. The Morgan fingerprint density at radius 2 is 2.00 bits per heavy atom. The van der Waals surface area contributed by atoms with Gasteiger partial charge in [0, 0.05) is 6.54 Å². The minimum Gasteiger partial charge on any atom is -0.469 e. The average molecular weight is 225 g/mol. The quantitative estimate of drug-likeness (QED) is 0.728. The first kappa shape index (κ1) is 11.9. The number of carbonyl (C=O) groups is 1. The number of carbonyl (C=O) groups excluding carboxylic acids is 1. The summed E-state index contributed by atoms with van der Waals surface area (Å²) >= 11 is 0. The molecule has 2 aliphatic rings. The second-order valence-corrected chi connectivity index (χ2v) is 5.41. The van der Waals surface area contributed by atoms with Crippen LogP contribution in [0.5, 0.6) is 0 Å². The lowest BCUT2D eigenvalue weighted by atomic mass is 9.89. The summed E-state index contributed by atoms with van der Waals surface area (Å²) < 4.78 is 4.84. The Balaban J connectivity index is 1.65. The lowest BCUT2D eigenvalue weighted by molar-refractivity contribution is -0.146. The highest BCUT2D eigenvalue weighted by Crippen LogP contribution is 2.46. The second-order valence-electron chi connectivity index (χ2n) is 5.41. The van der Waals surface area contributed by atoms with Crippen molar-refractivity contribution < 1.29 is 9.53 Å². The minimum atomic E-state index is -0.163. The van der Waals surface area contributed by atoms with Gasteiger partial charge in [0.25, 0.3) is 0 Å². The van der Waals surface area contributed by atoms with Crippen LogP contribution >= 0.6 is 0 Å². The zero-order chi connectivity index (χ0) is 11.4. The molecule has 2 rings (SSSR count). The van der Waals surface area contributed by atoms with Gasteiger partial charge in [-0.05, 0) is 38.1 Å². The summed E-state index contributed by atoms with van der Waals surface area (Å²) in [7, 11) is 1.49. The molecular weight excluding hydrogens is 202 g/mol. The SMILES string of the molecule is COC(=O)C1(CNCC2CCCCC2)CC1. The first-order chi connectivity index (χ1) is 7.77. The number of esters is 1. The van der Waals surface area contributed by atoms with E-state index < -0.39 is 0 Å². The number of ether oxygens (including phenoxy) is 1. The zero-order valence-corrected chi connectivity index (χ0v) is 10.3. The Hall–Kier alpha value is -0.570. The lowest BCUT2D eigenvalue weighted by Crippen LogP contribution is -2.34. The molecule has 3 nitrogen and oxygen atoms in total. The van der Waals surface area contributed by atoms with Crippen molar-refractivity contribution in [1.29, 1.82) is 0 Å². The molecule has 0 bridgehead atoms. The van der Waals surface area contributed by atoms with E-state index in [9.17, 15) is 4.79 Å². The van der Waals surface area contributed by atoms with Gasteiger partial charge >= 0.3 is 5.97 Å². The van der Waals surface area contributed by atoms with E-state index in [0.717, 1.165) is 31.8 Å². The van der Waals surface area contributed by atoms with Crippen LogP contribution in [-0.2, 0) is 9.53 Å². The maximum Gasteiger partial charge on any atom is 0.313 e. The molecule has 0 aliphatic heterocycles. The van der Waals surface area contributed by atoms with Crippen LogP contribution in [-0.4, -0.2) is 26.2 Å². The highest BCUT2D eigenvalue weighted by Gasteiger charge is 2.50. The monoisotopic (exact) mass is 225 g/mol. The van der Waals surface area contributed by atoms with Gasteiger partial charge in [0.15, 0.2) is 0 Å². The fraction of sp³-hybridized carbons (Fsp3) is 0.923. The third kappa shape index (κ3) is 2.76. The summed E-state index contributed by atoms with van der Waals surface area (Å²) in [5, 5.41) is 3.47. The number of nitrogens with one attached hydrogen (secondary N) is 1. The van der Waals surface area contributed by atoms with Gasteiger partial charge < -0.3 is 10.1 Å². The molecule has 0 spiro atoms. The van der Waals surface area contributed by atoms with Gasteiger partial charge in [-0.1, -0.05) is 19.3 Å². The molecule has 16 heavy (non-hydrogen) atoms. The Morgan fingerprint density at radius 1 is 1.31 bits per heavy atom. The molecule has 2 aliphatic carbocycles. The van der Waals surface area contributed by atoms with Crippen LogP contribution in [0.3, 0.4) is 0 Å². The molecule has 1 N–H and O–H groups in total. The highest BCUT2D eigenvalue weighted by atomic mass is 16.5. The van der Waals surface area contributed by atoms with Crippen LogP contribution in [0.4, 0.5) is 0 Å². The molecular formula is C13H23NO2. The molecule has 0 amide bonds. The largest absolute Gasteiger partial charge is 0.469 e. The molecule has 0 radical (unpaired) electrons. The van der Waals surface area contributed by atoms with E-state index in [1.54, 1.807) is 0 Å². The second kappa shape index (κ2) is 5.17. The van der Waals surface area contributed by atoms with Crippen molar-refractivity contribution in [3.8, 4) is 0 Å². The third-order valence-electron chi connectivity index (χ3n) is 4.09. The molecule has 0 unspecified atom stereocenters. The fourth-order valence-corrected chi connectivity index (χ4v) is 2.73. The van der Waals surface area contributed by atoms with Crippen molar-refractivity contribution in [1.82, 2.24) is 5.32 Å². The topological polar surface area (TPSA) is 38.3 Å². The predicted octanol–water partition coefficient (Wildman–Crippen LogP) is 2.11. The molecule has 2 saturated carbocycles. The normalized spacial score (nSPS) is 24.1. The van der Waals surface area contributed by atoms with Gasteiger partial charge in [-0.2, -0.15) is 0 Å². The van der Waals surface area contributed by atoms with Crippen LogP contribution in [0.15, 0.2) is 0 Å². The van der Waals surface area contributed by atoms with Gasteiger partial charge in [0.2, 0.25) is 0 Å². The van der Waals surface area contributed by atoms with Crippen LogP contribution in [0.1, 0.15) is 44.9 Å². The summed E-state index contributed by atoms with van der Waals surface area (Å²) in [6.45, 7) is 1.90. The molecule has 0 aromatic carbocycles. The van der Waals surface area contributed by atoms with Crippen molar-refractivity contribution in [3.05, 3.63) is 0 Å². The molecule has 3 heteroatoms. The summed E-state index contributed by atoms with van der Waals surface area (Å²) in [6.07, 6.45) is 8.89. The number of rotatable bonds is 5. The van der Waals surface area contributed by atoms with Crippen LogP contribution < -0.4 is 5.32 Å². The summed E-state index contributed by atoms with van der Waals surface area (Å²) in [6, 6.07) is 0. The number of methoxy groups -OCH3 is 1. The fourth-order valence-electron chi connectivity index (χ4n) is 2.73. The van der Waals surface area contributed by atoms with Crippen LogP contribution in [0, 0.1) is 11.3 Å².